The van der Waals surface area contributed by atoms with Crippen molar-refractivity contribution in [3.63, 3.8) is 0 Å². The molecule has 0 aliphatic rings. The van der Waals surface area contributed by atoms with Gasteiger partial charge in [0.15, 0.2) is 0 Å². The highest BCUT2D eigenvalue weighted by molar-refractivity contribution is 5.60. The van der Waals surface area contributed by atoms with Gasteiger partial charge in [-0.2, -0.15) is 0 Å². The average Bonchev–Trinajstić information content (AvgIpc) is 1.96. The highest BCUT2D eigenvalue weighted by atomic mass is 14.7. The smallest absolute Gasteiger partial charge is 0.0387 e. The zero-order chi connectivity index (χ0) is 10.3. The van der Waals surface area contributed by atoms with E-state index >= 15 is 0 Å². The fourth-order valence-corrected chi connectivity index (χ4v) is 1.39. The van der Waals surface area contributed by atoms with Gasteiger partial charge in [0.05, 0.1) is 0 Å². The van der Waals surface area contributed by atoms with Crippen LogP contribution in [0.25, 0.3) is 0 Å². The van der Waals surface area contributed by atoms with Gasteiger partial charge in [-0.25, -0.2) is 0 Å². The molecule has 0 aromatic carbocycles. The summed E-state index contributed by atoms with van der Waals surface area (Å²) in [5, 5.41) is 0. The molecule has 1 atom stereocenters. The lowest BCUT2D eigenvalue weighted by atomic mass is 10.0. The molecule has 0 aromatic heterocycles. The van der Waals surface area contributed by atoms with Crippen LogP contribution in [0.5, 0.6) is 0 Å². The second-order valence-corrected chi connectivity index (χ2v) is 4.84. The Kier molecular flexibility index (Phi) is 6.93. The molecule has 0 spiro atoms. The molecule has 13 heavy (non-hydrogen) atoms. The van der Waals surface area contributed by atoms with Crippen LogP contribution in [0.2, 0.25) is 0 Å². The minimum absolute atomic E-state index is 0.646. The van der Waals surface area contributed by atoms with Crippen LogP contribution in [0.4, 0.5) is 0 Å². The van der Waals surface area contributed by atoms with Gasteiger partial charge < -0.3 is 0 Å². The summed E-state index contributed by atoms with van der Waals surface area (Å²) in [6, 6.07) is 0. The third-order valence-corrected chi connectivity index (χ3v) is 2.04. The normalized spacial score (nSPS) is 14.7. The average molecular weight is 183 g/mol. The summed E-state index contributed by atoms with van der Waals surface area (Å²) < 4.78 is 0. The molecule has 0 radical (unpaired) electrons. The van der Waals surface area contributed by atoms with E-state index in [4.69, 9.17) is 0 Å². The van der Waals surface area contributed by atoms with Gasteiger partial charge in [0.2, 0.25) is 0 Å². The number of hydrogen-bond acceptors (Lipinski definition) is 1. The van der Waals surface area contributed by atoms with Crippen LogP contribution in [-0.2, 0) is 0 Å². The molecular weight excluding hydrogens is 158 g/mol. The highest BCUT2D eigenvalue weighted by Gasteiger charge is 2.00. The van der Waals surface area contributed by atoms with Crippen molar-refractivity contribution < 1.29 is 0 Å². The maximum absolute atomic E-state index is 4.44. The van der Waals surface area contributed by atoms with E-state index in [1.165, 1.54) is 12.8 Å². The topological polar surface area (TPSA) is 12.4 Å². The Morgan fingerprint density at radius 2 is 1.62 bits per heavy atom. The molecule has 78 valence electrons. The Balaban J connectivity index is 3.47. The number of aliphatic imine (C=N–C) groups is 1. The Hall–Kier alpha value is -0.330. The summed E-state index contributed by atoms with van der Waals surface area (Å²) in [5.74, 6) is 2.20. The van der Waals surface area contributed by atoms with Crippen LogP contribution in [0.1, 0.15) is 47.5 Å². The molecule has 0 aliphatic carbocycles. The minimum atomic E-state index is 0.646. The molecule has 1 unspecified atom stereocenters. The Bertz CT molecular complexity index is 136. The van der Waals surface area contributed by atoms with Crippen molar-refractivity contribution in [2.24, 2.45) is 22.7 Å². The first kappa shape index (κ1) is 12.7. The third-order valence-electron chi connectivity index (χ3n) is 2.04. The molecule has 0 rings (SSSR count). The van der Waals surface area contributed by atoms with Crippen LogP contribution in [-0.4, -0.2) is 12.8 Å². The number of rotatable bonds is 6. The molecule has 0 bridgehead atoms. The van der Waals surface area contributed by atoms with Crippen molar-refractivity contribution >= 4 is 6.21 Å². The standard InChI is InChI=1S/C12H25N/c1-10(2)6-7-13-9-12(5)8-11(3)4/h9-12H,6-8H2,1-5H3. The molecule has 0 saturated carbocycles. The van der Waals surface area contributed by atoms with Gasteiger partial charge in [-0.15, -0.1) is 0 Å². The lowest BCUT2D eigenvalue weighted by Crippen LogP contribution is -2.02. The second-order valence-electron chi connectivity index (χ2n) is 4.84. The van der Waals surface area contributed by atoms with Crippen molar-refractivity contribution in [3.05, 3.63) is 0 Å². The van der Waals surface area contributed by atoms with E-state index in [-0.39, 0.29) is 0 Å². The molecule has 1 heteroatoms. The van der Waals surface area contributed by atoms with Crippen molar-refractivity contribution in [3.8, 4) is 0 Å². The van der Waals surface area contributed by atoms with Gasteiger partial charge in [-0.05, 0) is 30.6 Å². The third kappa shape index (κ3) is 9.59. The van der Waals surface area contributed by atoms with E-state index in [9.17, 15) is 0 Å². The minimum Gasteiger partial charge on any atom is -0.297 e. The summed E-state index contributed by atoms with van der Waals surface area (Å²) in [6.07, 6.45) is 4.60. The molecule has 0 aliphatic heterocycles. The van der Waals surface area contributed by atoms with Crippen molar-refractivity contribution in [2.75, 3.05) is 6.54 Å². The summed E-state index contributed by atoms with van der Waals surface area (Å²) >= 11 is 0. The van der Waals surface area contributed by atoms with Gasteiger partial charge >= 0.3 is 0 Å². The Morgan fingerprint density at radius 3 is 2.08 bits per heavy atom. The van der Waals surface area contributed by atoms with Crippen LogP contribution in [0.3, 0.4) is 0 Å². The van der Waals surface area contributed by atoms with Crippen LogP contribution >= 0.6 is 0 Å². The first-order valence-corrected chi connectivity index (χ1v) is 5.52. The van der Waals surface area contributed by atoms with Gasteiger partial charge in [0.25, 0.3) is 0 Å². The predicted molar refractivity (Wildman–Crippen MR) is 61.4 cm³/mol. The van der Waals surface area contributed by atoms with E-state index in [1.54, 1.807) is 0 Å². The predicted octanol–water partition coefficient (Wildman–Crippen LogP) is 3.79. The van der Waals surface area contributed by atoms with E-state index in [0.717, 1.165) is 18.4 Å². The van der Waals surface area contributed by atoms with E-state index < -0.39 is 0 Å². The second kappa shape index (κ2) is 7.11. The summed E-state index contributed by atoms with van der Waals surface area (Å²) in [6.45, 7) is 12.3. The SMILES string of the molecule is CC(C)CCN=CC(C)CC(C)C. The monoisotopic (exact) mass is 183 g/mol. The molecule has 0 saturated heterocycles. The lowest BCUT2D eigenvalue weighted by Gasteiger charge is -2.08. The van der Waals surface area contributed by atoms with Gasteiger partial charge in [0, 0.05) is 12.8 Å². The molecule has 0 fully saturated rings. The molecule has 1 nitrogen and oxygen atoms in total. The van der Waals surface area contributed by atoms with Crippen LogP contribution in [0, 0.1) is 17.8 Å². The molecular formula is C12H25N. The van der Waals surface area contributed by atoms with Crippen LogP contribution < -0.4 is 0 Å². The zero-order valence-electron chi connectivity index (χ0n) is 9.88. The zero-order valence-corrected chi connectivity index (χ0v) is 9.88. The molecule has 0 heterocycles. The van der Waals surface area contributed by atoms with E-state index in [1.807, 2.05) is 0 Å². The van der Waals surface area contributed by atoms with Crippen molar-refractivity contribution in [2.45, 2.75) is 47.5 Å². The van der Waals surface area contributed by atoms with Gasteiger partial charge in [0.1, 0.15) is 0 Å². The first-order valence-electron chi connectivity index (χ1n) is 5.52. The van der Waals surface area contributed by atoms with Crippen molar-refractivity contribution in [1.82, 2.24) is 0 Å². The molecule has 0 aromatic rings. The van der Waals surface area contributed by atoms with Gasteiger partial charge in [-0.1, -0.05) is 34.6 Å². The highest BCUT2D eigenvalue weighted by Crippen LogP contribution is 2.08. The summed E-state index contributed by atoms with van der Waals surface area (Å²) in [7, 11) is 0. The number of hydrogen-bond donors (Lipinski definition) is 0. The Morgan fingerprint density at radius 1 is 1.00 bits per heavy atom. The number of nitrogens with zero attached hydrogens (tertiary/aromatic N) is 1. The maximum atomic E-state index is 4.44. The van der Waals surface area contributed by atoms with Crippen LogP contribution in [0.15, 0.2) is 4.99 Å². The molecule has 0 N–H and O–H groups in total. The summed E-state index contributed by atoms with van der Waals surface area (Å²) in [5.41, 5.74) is 0. The molecule has 0 amide bonds. The fourth-order valence-electron chi connectivity index (χ4n) is 1.39. The Labute approximate surface area is 83.6 Å². The summed E-state index contributed by atoms with van der Waals surface area (Å²) in [4.78, 5) is 4.44. The lowest BCUT2D eigenvalue weighted by molar-refractivity contribution is 0.524. The van der Waals surface area contributed by atoms with E-state index in [2.05, 4.69) is 45.8 Å². The van der Waals surface area contributed by atoms with E-state index in [0.29, 0.717) is 5.92 Å². The fraction of sp³-hybridized carbons (Fsp3) is 0.917. The largest absolute Gasteiger partial charge is 0.297 e. The first-order chi connectivity index (χ1) is 6.02. The van der Waals surface area contributed by atoms with Crippen molar-refractivity contribution in [1.29, 1.82) is 0 Å². The quantitative estimate of drug-likeness (QED) is 0.556. The van der Waals surface area contributed by atoms with Gasteiger partial charge in [-0.3, -0.25) is 4.99 Å². The maximum Gasteiger partial charge on any atom is 0.0387 e.